The fourth-order valence-electron chi connectivity index (χ4n) is 1.98. The second kappa shape index (κ2) is 6.15. The summed E-state index contributed by atoms with van der Waals surface area (Å²) in [5.74, 6) is -2.01. The molecule has 0 spiro atoms. The Morgan fingerprint density at radius 2 is 1.68 bits per heavy atom. The number of hydrogen-bond acceptors (Lipinski definition) is 2. The first-order chi connectivity index (χ1) is 10.3. The first-order valence-electron chi connectivity index (χ1n) is 6.16. The number of primary amides is 1. The minimum absolute atomic E-state index is 0.0778. The number of ether oxygens (including phenoxy) is 1. The molecule has 0 saturated heterocycles. The van der Waals surface area contributed by atoms with Crippen LogP contribution in [0.4, 0.5) is 17.6 Å². The molecule has 22 heavy (non-hydrogen) atoms. The highest BCUT2D eigenvalue weighted by Crippen LogP contribution is 2.33. The van der Waals surface area contributed by atoms with Crippen LogP contribution in [0.15, 0.2) is 48.5 Å². The molecule has 0 aliphatic heterocycles. The summed E-state index contributed by atoms with van der Waals surface area (Å²) in [5, 5.41) is 0. The molecule has 1 amide bonds. The van der Waals surface area contributed by atoms with E-state index < -0.39 is 29.8 Å². The predicted molar refractivity (Wildman–Crippen MR) is 70.3 cm³/mol. The summed E-state index contributed by atoms with van der Waals surface area (Å²) in [7, 11) is 0. The number of halogens is 4. The minimum Gasteiger partial charge on any atom is -0.366 e. The fourth-order valence-corrected chi connectivity index (χ4v) is 1.98. The van der Waals surface area contributed by atoms with Crippen LogP contribution in [0.2, 0.25) is 0 Å². The maximum absolute atomic E-state index is 13.8. The lowest BCUT2D eigenvalue weighted by Crippen LogP contribution is -2.20. The van der Waals surface area contributed by atoms with Gasteiger partial charge in [0.2, 0.25) is 0 Å². The average Bonchev–Trinajstić information content (AvgIpc) is 2.44. The van der Waals surface area contributed by atoms with Gasteiger partial charge < -0.3 is 5.73 Å². The number of carbonyl (C=O) groups excluding carboxylic acids is 1. The molecule has 1 unspecified atom stereocenters. The second-order valence-electron chi connectivity index (χ2n) is 4.46. The monoisotopic (exact) mass is 313 g/mol. The summed E-state index contributed by atoms with van der Waals surface area (Å²) >= 11 is 0. The molecule has 0 fully saturated rings. The summed E-state index contributed by atoms with van der Waals surface area (Å²) in [6.07, 6.45) is -6.45. The van der Waals surface area contributed by atoms with E-state index in [-0.39, 0.29) is 11.1 Å². The van der Waals surface area contributed by atoms with Gasteiger partial charge in [0.25, 0.3) is 5.91 Å². The Balaban J connectivity index is 2.46. The molecular formula is C15H11F4NO2. The van der Waals surface area contributed by atoms with Gasteiger partial charge in [-0.1, -0.05) is 36.4 Å². The number of hydrogen-bond donors (Lipinski definition) is 1. The molecule has 116 valence electrons. The van der Waals surface area contributed by atoms with Crippen molar-refractivity contribution in [3.63, 3.8) is 0 Å². The molecule has 0 radical (unpaired) electrons. The van der Waals surface area contributed by atoms with Gasteiger partial charge in [-0.3, -0.25) is 9.53 Å². The minimum atomic E-state index is -4.90. The molecule has 7 heteroatoms. The summed E-state index contributed by atoms with van der Waals surface area (Å²) in [4.78, 5) is 11.0. The Hall–Kier alpha value is -2.41. The van der Waals surface area contributed by atoms with E-state index in [1.54, 1.807) is 6.07 Å². The Labute approximate surface area is 123 Å². The normalized spacial score (nSPS) is 12.9. The smallest absolute Gasteiger partial charge is 0.366 e. The molecule has 2 rings (SSSR count). The van der Waals surface area contributed by atoms with Crippen molar-refractivity contribution in [2.24, 2.45) is 5.73 Å². The number of rotatable bonds is 4. The predicted octanol–water partition coefficient (Wildman–Crippen LogP) is 3.55. The zero-order chi connectivity index (χ0) is 16.3. The molecule has 2 aromatic rings. The van der Waals surface area contributed by atoms with Gasteiger partial charge in [-0.2, -0.15) is 0 Å². The largest absolute Gasteiger partial charge is 0.523 e. The van der Waals surface area contributed by atoms with Gasteiger partial charge in [-0.15, -0.1) is 13.2 Å². The third kappa shape index (κ3) is 3.82. The first-order valence-corrected chi connectivity index (χ1v) is 6.16. The summed E-state index contributed by atoms with van der Waals surface area (Å²) in [6.45, 7) is 0. The molecule has 0 bridgehead atoms. The number of nitrogens with two attached hydrogens (primary N) is 1. The maximum atomic E-state index is 13.8. The highest BCUT2D eigenvalue weighted by Gasteiger charge is 2.35. The van der Waals surface area contributed by atoms with Crippen LogP contribution in [-0.2, 0) is 4.74 Å². The average molecular weight is 313 g/mol. The van der Waals surface area contributed by atoms with Crippen LogP contribution in [0.1, 0.15) is 27.6 Å². The number of benzene rings is 2. The Morgan fingerprint density at radius 1 is 1.05 bits per heavy atom. The van der Waals surface area contributed by atoms with Gasteiger partial charge in [0.15, 0.2) is 0 Å². The maximum Gasteiger partial charge on any atom is 0.523 e. The van der Waals surface area contributed by atoms with E-state index in [0.717, 1.165) is 12.1 Å². The fraction of sp³-hybridized carbons (Fsp3) is 0.133. The second-order valence-corrected chi connectivity index (χ2v) is 4.46. The molecule has 0 aromatic heterocycles. The summed E-state index contributed by atoms with van der Waals surface area (Å²) < 4.78 is 55.6. The highest BCUT2D eigenvalue weighted by atomic mass is 19.4. The van der Waals surface area contributed by atoms with Crippen LogP contribution in [0.3, 0.4) is 0 Å². The number of alkyl halides is 3. The molecule has 0 saturated carbocycles. The molecular weight excluding hydrogens is 302 g/mol. The van der Waals surface area contributed by atoms with Crippen LogP contribution in [0.25, 0.3) is 0 Å². The third-order valence-corrected chi connectivity index (χ3v) is 2.92. The van der Waals surface area contributed by atoms with Crippen LogP contribution >= 0.6 is 0 Å². The quantitative estimate of drug-likeness (QED) is 0.878. The Kier molecular flexibility index (Phi) is 4.46. The van der Waals surface area contributed by atoms with Crippen LogP contribution in [0.5, 0.6) is 0 Å². The molecule has 3 nitrogen and oxygen atoms in total. The lowest BCUT2D eigenvalue weighted by Gasteiger charge is -2.20. The van der Waals surface area contributed by atoms with Gasteiger partial charge in [-0.05, 0) is 23.3 Å². The summed E-state index contributed by atoms with van der Waals surface area (Å²) in [5.41, 5.74) is 4.69. The van der Waals surface area contributed by atoms with E-state index in [0.29, 0.717) is 0 Å². The Bertz CT molecular complexity index is 671. The molecule has 0 aliphatic carbocycles. The van der Waals surface area contributed by atoms with Crippen molar-refractivity contribution in [2.45, 2.75) is 12.5 Å². The van der Waals surface area contributed by atoms with E-state index in [1.807, 2.05) is 0 Å². The zero-order valence-corrected chi connectivity index (χ0v) is 11.1. The van der Waals surface area contributed by atoms with Crippen molar-refractivity contribution >= 4 is 5.91 Å². The number of carbonyl (C=O) groups is 1. The van der Waals surface area contributed by atoms with Gasteiger partial charge in [0, 0.05) is 0 Å². The highest BCUT2D eigenvalue weighted by molar-refractivity contribution is 5.93. The third-order valence-electron chi connectivity index (χ3n) is 2.92. The van der Waals surface area contributed by atoms with Crippen molar-refractivity contribution in [3.8, 4) is 0 Å². The van der Waals surface area contributed by atoms with E-state index in [2.05, 4.69) is 4.74 Å². The van der Waals surface area contributed by atoms with Crippen LogP contribution in [-0.4, -0.2) is 12.3 Å². The van der Waals surface area contributed by atoms with Crippen molar-refractivity contribution in [3.05, 3.63) is 71.0 Å². The summed E-state index contributed by atoms with van der Waals surface area (Å²) in [6, 6.07) is 10.6. The van der Waals surface area contributed by atoms with Crippen LogP contribution in [0, 0.1) is 5.82 Å². The van der Waals surface area contributed by atoms with Crippen molar-refractivity contribution in [1.82, 2.24) is 0 Å². The van der Waals surface area contributed by atoms with Gasteiger partial charge in [0.1, 0.15) is 11.9 Å². The van der Waals surface area contributed by atoms with Gasteiger partial charge in [0.05, 0.1) is 5.56 Å². The van der Waals surface area contributed by atoms with Crippen molar-refractivity contribution < 1.29 is 27.1 Å². The van der Waals surface area contributed by atoms with Crippen molar-refractivity contribution in [2.75, 3.05) is 0 Å². The molecule has 2 aromatic carbocycles. The number of amides is 1. The van der Waals surface area contributed by atoms with Crippen LogP contribution < -0.4 is 5.73 Å². The molecule has 1 atom stereocenters. The SMILES string of the molecule is NC(=O)c1ccc(C(OC(F)(F)F)c2ccccc2)cc1F. The Morgan fingerprint density at radius 3 is 2.18 bits per heavy atom. The topological polar surface area (TPSA) is 52.3 Å². The van der Waals surface area contributed by atoms with E-state index in [9.17, 15) is 22.4 Å². The van der Waals surface area contributed by atoms with E-state index >= 15 is 0 Å². The molecule has 0 aliphatic rings. The van der Waals surface area contributed by atoms with E-state index in [4.69, 9.17) is 5.73 Å². The zero-order valence-electron chi connectivity index (χ0n) is 11.1. The molecule has 0 heterocycles. The van der Waals surface area contributed by atoms with E-state index in [1.165, 1.54) is 30.3 Å². The van der Waals surface area contributed by atoms with Crippen molar-refractivity contribution in [1.29, 1.82) is 0 Å². The van der Waals surface area contributed by atoms with Gasteiger partial charge in [-0.25, -0.2) is 4.39 Å². The first kappa shape index (κ1) is 16.0. The lowest BCUT2D eigenvalue weighted by atomic mass is 9.99. The van der Waals surface area contributed by atoms with Gasteiger partial charge >= 0.3 is 6.36 Å². The lowest BCUT2D eigenvalue weighted by molar-refractivity contribution is -0.339. The molecule has 2 N–H and O–H groups in total. The standard InChI is InChI=1S/C15H11F4NO2/c16-12-8-10(6-7-11(12)14(20)21)13(22-15(17,18)19)9-4-2-1-3-5-9/h1-8,13H,(H2,20,21).